The Bertz CT molecular complexity index is 525. The molecule has 1 fully saturated rings. The highest BCUT2D eigenvalue weighted by atomic mass is 16.2. The van der Waals surface area contributed by atoms with E-state index >= 15 is 0 Å². The summed E-state index contributed by atoms with van der Waals surface area (Å²) in [5.41, 5.74) is 1.24. The lowest BCUT2D eigenvalue weighted by Crippen LogP contribution is -2.30. The Morgan fingerprint density at radius 1 is 1.50 bits per heavy atom. The molecule has 0 bridgehead atoms. The average Bonchev–Trinajstić information content (AvgIpc) is 2.85. The zero-order chi connectivity index (χ0) is 14.5. The predicted octanol–water partition coefficient (Wildman–Crippen LogP) is 2.37. The monoisotopic (exact) mass is 272 g/mol. The Balaban J connectivity index is 2.26. The van der Waals surface area contributed by atoms with Crippen LogP contribution in [0.1, 0.15) is 30.1 Å². The van der Waals surface area contributed by atoms with Gasteiger partial charge in [-0.25, -0.2) is 0 Å². The molecular weight excluding hydrogens is 252 g/mol. The van der Waals surface area contributed by atoms with Gasteiger partial charge >= 0.3 is 0 Å². The fraction of sp³-hybridized carbons (Fsp3) is 0.375. The van der Waals surface area contributed by atoms with E-state index in [0.29, 0.717) is 30.8 Å². The molecule has 1 unspecified atom stereocenters. The van der Waals surface area contributed by atoms with Crippen LogP contribution in [0.3, 0.4) is 0 Å². The van der Waals surface area contributed by atoms with Crippen LogP contribution in [0.5, 0.6) is 0 Å². The van der Waals surface area contributed by atoms with Crippen molar-refractivity contribution in [2.24, 2.45) is 5.92 Å². The van der Waals surface area contributed by atoms with Gasteiger partial charge in [0.1, 0.15) is 0 Å². The summed E-state index contributed by atoms with van der Waals surface area (Å²) in [4.78, 5) is 25.9. The quantitative estimate of drug-likeness (QED) is 0.837. The van der Waals surface area contributed by atoms with Gasteiger partial charge in [-0.15, -0.1) is 6.58 Å². The molecule has 1 aliphatic heterocycles. The molecule has 4 heteroatoms. The van der Waals surface area contributed by atoms with Crippen molar-refractivity contribution in [3.63, 3.8) is 0 Å². The molecule has 0 spiro atoms. The van der Waals surface area contributed by atoms with Crippen molar-refractivity contribution in [3.8, 4) is 0 Å². The maximum absolute atomic E-state index is 12.2. The first-order valence-electron chi connectivity index (χ1n) is 6.97. The number of rotatable bonds is 5. The lowest BCUT2D eigenvalue weighted by molar-refractivity contribution is -0.117. The minimum Gasteiger partial charge on any atom is -0.352 e. The minimum absolute atomic E-state index is 0.0469. The lowest BCUT2D eigenvalue weighted by Gasteiger charge is -2.19. The van der Waals surface area contributed by atoms with Crippen LogP contribution in [0, 0.1) is 5.92 Å². The minimum atomic E-state index is -0.127. The van der Waals surface area contributed by atoms with E-state index in [2.05, 4.69) is 11.9 Å². The molecule has 4 nitrogen and oxygen atoms in total. The maximum Gasteiger partial charge on any atom is 0.253 e. The van der Waals surface area contributed by atoms with Crippen LogP contribution in [0.4, 0.5) is 5.69 Å². The van der Waals surface area contributed by atoms with E-state index in [0.717, 1.165) is 6.42 Å². The fourth-order valence-electron chi connectivity index (χ4n) is 2.36. The van der Waals surface area contributed by atoms with Crippen LogP contribution in [0.25, 0.3) is 0 Å². The van der Waals surface area contributed by atoms with E-state index in [1.54, 1.807) is 17.0 Å². The molecule has 20 heavy (non-hydrogen) atoms. The van der Waals surface area contributed by atoms with E-state index in [4.69, 9.17) is 0 Å². The molecule has 106 valence electrons. The second-order valence-electron chi connectivity index (χ2n) is 4.98. The summed E-state index contributed by atoms with van der Waals surface area (Å²) in [5.74, 6) is 0.0807. The van der Waals surface area contributed by atoms with E-state index in [-0.39, 0.29) is 17.7 Å². The Hall–Kier alpha value is -2.10. The van der Waals surface area contributed by atoms with Gasteiger partial charge in [-0.1, -0.05) is 25.1 Å². The van der Waals surface area contributed by atoms with Crippen molar-refractivity contribution in [1.82, 2.24) is 5.32 Å². The van der Waals surface area contributed by atoms with Crippen LogP contribution in [0.2, 0.25) is 0 Å². The first kappa shape index (κ1) is 14.3. The number of carbonyl (C=O) groups excluding carboxylic acids is 2. The van der Waals surface area contributed by atoms with Crippen molar-refractivity contribution < 1.29 is 9.59 Å². The maximum atomic E-state index is 12.2. The summed E-state index contributed by atoms with van der Waals surface area (Å²) < 4.78 is 0. The second kappa shape index (κ2) is 6.37. The summed E-state index contributed by atoms with van der Waals surface area (Å²) in [6, 6.07) is 7.25. The van der Waals surface area contributed by atoms with Crippen LogP contribution < -0.4 is 10.2 Å². The first-order valence-corrected chi connectivity index (χ1v) is 6.97. The van der Waals surface area contributed by atoms with Crippen LogP contribution in [-0.2, 0) is 4.79 Å². The van der Waals surface area contributed by atoms with Gasteiger partial charge in [0.15, 0.2) is 0 Å². The molecule has 0 radical (unpaired) electrons. The van der Waals surface area contributed by atoms with Gasteiger partial charge in [0.25, 0.3) is 5.91 Å². The summed E-state index contributed by atoms with van der Waals surface area (Å²) >= 11 is 0. The molecule has 1 N–H and O–H groups in total. The molecule has 0 aromatic heterocycles. The highest BCUT2D eigenvalue weighted by Crippen LogP contribution is 2.28. The third-order valence-corrected chi connectivity index (χ3v) is 3.46. The largest absolute Gasteiger partial charge is 0.352 e. The standard InChI is InChI=1S/C16H20N2O2/c1-3-9-17-16(20)13-7-5-6-8-14(13)18-11-12(4-2)10-15(18)19/h4-8,12H,2-3,9-11H2,1H3,(H,17,20). The van der Waals surface area contributed by atoms with Crippen molar-refractivity contribution in [1.29, 1.82) is 0 Å². The smallest absolute Gasteiger partial charge is 0.253 e. The normalized spacial score (nSPS) is 18.1. The topological polar surface area (TPSA) is 49.4 Å². The third kappa shape index (κ3) is 2.90. The number of anilines is 1. The highest BCUT2D eigenvalue weighted by Gasteiger charge is 2.30. The number of carbonyl (C=O) groups is 2. The van der Waals surface area contributed by atoms with E-state index in [9.17, 15) is 9.59 Å². The van der Waals surface area contributed by atoms with Gasteiger partial charge in [-0.3, -0.25) is 9.59 Å². The van der Waals surface area contributed by atoms with Crippen molar-refractivity contribution in [3.05, 3.63) is 42.5 Å². The van der Waals surface area contributed by atoms with Gasteiger partial charge in [0.2, 0.25) is 5.91 Å². The molecule has 2 amide bonds. The van der Waals surface area contributed by atoms with Crippen LogP contribution >= 0.6 is 0 Å². The zero-order valence-electron chi connectivity index (χ0n) is 11.8. The lowest BCUT2D eigenvalue weighted by atomic mass is 10.1. The summed E-state index contributed by atoms with van der Waals surface area (Å²) in [6.07, 6.45) is 3.15. The summed E-state index contributed by atoms with van der Waals surface area (Å²) in [6.45, 7) is 6.98. The first-order chi connectivity index (χ1) is 9.67. The third-order valence-electron chi connectivity index (χ3n) is 3.46. The van der Waals surface area contributed by atoms with Gasteiger partial charge in [-0.05, 0) is 18.6 Å². The molecule has 1 aromatic rings. The molecule has 1 aliphatic rings. The fourth-order valence-corrected chi connectivity index (χ4v) is 2.36. The molecule has 0 aliphatic carbocycles. The summed E-state index contributed by atoms with van der Waals surface area (Å²) in [7, 11) is 0. The molecule has 1 saturated heterocycles. The average molecular weight is 272 g/mol. The predicted molar refractivity (Wildman–Crippen MR) is 79.7 cm³/mol. The van der Waals surface area contributed by atoms with Crippen molar-refractivity contribution >= 4 is 17.5 Å². The number of amides is 2. The van der Waals surface area contributed by atoms with E-state index in [1.807, 2.05) is 25.1 Å². The molecule has 1 heterocycles. The number of para-hydroxylation sites is 1. The molecule has 1 atom stereocenters. The molecule has 2 rings (SSSR count). The Kier molecular flexibility index (Phi) is 4.56. The van der Waals surface area contributed by atoms with Gasteiger partial charge in [0.05, 0.1) is 11.3 Å². The Morgan fingerprint density at radius 2 is 2.25 bits per heavy atom. The number of hydrogen-bond acceptors (Lipinski definition) is 2. The van der Waals surface area contributed by atoms with Gasteiger partial charge in [-0.2, -0.15) is 0 Å². The Morgan fingerprint density at radius 3 is 2.90 bits per heavy atom. The molecular formula is C16H20N2O2. The molecule has 1 aromatic carbocycles. The van der Waals surface area contributed by atoms with Crippen LogP contribution in [0.15, 0.2) is 36.9 Å². The van der Waals surface area contributed by atoms with Crippen LogP contribution in [-0.4, -0.2) is 24.9 Å². The second-order valence-corrected chi connectivity index (χ2v) is 4.98. The van der Waals surface area contributed by atoms with Crippen molar-refractivity contribution in [2.75, 3.05) is 18.0 Å². The zero-order valence-corrected chi connectivity index (χ0v) is 11.8. The highest BCUT2D eigenvalue weighted by molar-refractivity contribution is 6.05. The number of nitrogens with zero attached hydrogens (tertiary/aromatic N) is 1. The summed E-state index contributed by atoms with van der Waals surface area (Å²) in [5, 5.41) is 2.86. The van der Waals surface area contributed by atoms with Gasteiger partial charge in [0, 0.05) is 25.4 Å². The number of hydrogen-bond donors (Lipinski definition) is 1. The van der Waals surface area contributed by atoms with E-state index in [1.165, 1.54) is 0 Å². The molecule has 0 saturated carbocycles. The number of nitrogens with one attached hydrogen (secondary N) is 1. The van der Waals surface area contributed by atoms with Crippen molar-refractivity contribution in [2.45, 2.75) is 19.8 Å². The number of benzene rings is 1. The Labute approximate surface area is 119 Å². The SMILES string of the molecule is C=CC1CC(=O)N(c2ccccc2C(=O)NCCC)C1. The van der Waals surface area contributed by atoms with E-state index < -0.39 is 0 Å². The van der Waals surface area contributed by atoms with Gasteiger partial charge < -0.3 is 10.2 Å².